The molecule has 0 saturated carbocycles. The zero-order valence-electron chi connectivity index (χ0n) is 16.9. The molecule has 1 aromatic carbocycles. The molecule has 1 aliphatic rings. The zero-order valence-corrected chi connectivity index (χ0v) is 17.7. The molecule has 0 radical (unpaired) electrons. The number of carbonyl (C=O) groups excluding carboxylic acids is 2. The Morgan fingerprint density at radius 2 is 1.82 bits per heavy atom. The number of hydrogen-bond donors (Lipinski definition) is 2. The number of carbonyl (C=O) groups is 2. The maximum absolute atomic E-state index is 12.4. The number of benzene rings is 1. The fourth-order valence-electron chi connectivity index (χ4n) is 3.45. The topological polar surface area (TPSA) is 95.6 Å². The van der Waals surface area contributed by atoms with Gasteiger partial charge in [0.1, 0.15) is 0 Å². The lowest BCUT2D eigenvalue weighted by Gasteiger charge is -2.22. The summed E-state index contributed by atoms with van der Waals surface area (Å²) in [6.45, 7) is 4.11. The number of amides is 2. The Balaban J connectivity index is 1.88. The fraction of sp³-hybridized carbons (Fsp3) is 0.600. The summed E-state index contributed by atoms with van der Waals surface area (Å²) in [4.78, 5) is 27.0. The van der Waals surface area contributed by atoms with Gasteiger partial charge < -0.3 is 15.5 Å². The van der Waals surface area contributed by atoms with E-state index in [1.807, 2.05) is 14.0 Å². The van der Waals surface area contributed by atoms with Crippen LogP contribution < -0.4 is 10.6 Å². The molecule has 0 unspecified atom stereocenters. The van der Waals surface area contributed by atoms with Crippen LogP contribution in [-0.2, 0) is 25.8 Å². The Labute approximate surface area is 167 Å². The van der Waals surface area contributed by atoms with Crippen molar-refractivity contribution in [3.8, 4) is 0 Å². The highest BCUT2D eigenvalue weighted by atomic mass is 32.2. The first-order valence-electron chi connectivity index (χ1n) is 9.73. The number of nitrogens with zero attached hydrogens (tertiary/aromatic N) is 1. The van der Waals surface area contributed by atoms with E-state index in [4.69, 9.17) is 0 Å². The van der Waals surface area contributed by atoms with Crippen LogP contribution >= 0.6 is 0 Å². The summed E-state index contributed by atoms with van der Waals surface area (Å²) in [6, 6.07) is 6.39. The Hall–Kier alpha value is -1.93. The van der Waals surface area contributed by atoms with Gasteiger partial charge in [0, 0.05) is 31.9 Å². The molecule has 0 bridgehead atoms. The standard InChI is InChI=1S/C20H31N3O4S/c1-4-11-21-20(25)16-7-8-17(14-23(2)13-16)22-19(24)12-15-5-9-18(10-6-15)28(3,26)27/h5-6,9-10,16-17H,4,7-8,11-14H2,1-3H3,(H,21,25)(H,22,24)/t16-,17+/m1/s1. The number of rotatable bonds is 7. The van der Waals surface area contributed by atoms with Crippen molar-refractivity contribution in [2.45, 2.75) is 43.5 Å². The molecule has 7 nitrogen and oxygen atoms in total. The van der Waals surface area contributed by atoms with E-state index in [-0.39, 0.29) is 35.1 Å². The van der Waals surface area contributed by atoms with Gasteiger partial charge in [-0.3, -0.25) is 9.59 Å². The van der Waals surface area contributed by atoms with Gasteiger partial charge in [-0.15, -0.1) is 0 Å². The molecule has 1 heterocycles. The Morgan fingerprint density at radius 3 is 2.43 bits per heavy atom. The van der Waals surface area contributed by atoms with Crippen molar-refractivity contribution >= 4 is 21.7 Å². The van der Waals surface area contributed by atoms with E-state index in [9.17, 15) is 18.0 Å². The van der Waals surface area contributed by atoms with Gasteiger partial charge in [-0.2, -0.15) is 0 Å². The molecule has 28 heavy (non-hydrogen) atoms. The molecule has 2 atom stereocenters. The van der Waals surface area contributed by atoms with Crippen molar-refractivity contribution < 1.29 is 18.0 Å². The van der Waals surface area contributed by atoms with Gasteiger partial charge in [0.05, 0.1) is 17.2 Å². The molecule has 1 aliphatic heterocycles. The molecule has 0 aliphatic carbocycles. The third kappa shape index (κ3) is 6.91. The Bertz CT molecular complexity index is 777. The van der Waals surface area contributed by atoms with E-state index in [2.05, 4.69) is 15.5 Å². The van der Waals surface area contributed by atoms with E-state index in [0.29, 0.717) is 19.6 Å². The molecule has 2 N–H and O–H groups in total. The van der Waals surface area contributed by atoms with Gasteiger partial charge in [-0.1, -0.05) is 19.1 Å². The van der Waals surface area contributed by atoms with Crippen LogP contribution in [0.5, 0.6) is 0 Å². The van der Waals surface area contributed by atoms with Crippen molar-refractivity contribution in [3.05, 3.63) is 29.8 Å². The van der Waals surface area contributed by atoms with Crippen LogP contribution in [0, 0.1) is 5.92 Å². The summed E-state index contributed by atoms with van der Waals surface area (Å²) < 4.78 is 23.0. The van der Waals surface area contributed by atoms with Gasteiger partial charge in [-0.25, -0.2) is 8.42 Å². The molecule has 2 amide bonds. The van der Waals surface area contributed by atoms with Crippen LogP contribution in [0.2, 0.25) is 0 Å². The molecule has 1 fully saturated rings. The van der Waals surface area contributed by atoms with Gasteiger partial charge in [-0.05, 0) is 44.0 Å². The van der Waals surface area contributed by atoms with Crippen LogP contribution in [0.25, 0.3) is 0 Å². The lowest BCUT2D eigenvalue weighted by atomic mass is 10.0. The lowest BCUT2D eigenvalue weighted by Crippen LogP contribution is -2.42. The first-order chi connectivity index (χ1) is 13.2. The maximum atomic E-state index is 12.4. The van der Waals surface area contributed by atoms with E-state index in [1.54, 1.807) is 12.1 Å². The fourth-order valence-corrected chi connectivity index (χ4v) is 4.09. The number of likely N-dealkylation sites (tertiary alicyclic amines) is 1. The summed E-state index contributed by atoms with van der Waals surface area (Å²) in [5, 5.41) is 6.01. The Morgan fingerprint density at radius 1 is 1.14 bits per heavy atom. The second kappa shape index (κ2) is 10.0. The van der Waals surface area contributed by atoms with Crippen molar-refractivity contribution in [2.24, 2.45) is 5.92 Å². The second-order valence-corrected chi connectivity index (χ2v) is 9.66. The molecule has 1 saturated heterocycles. The van der Waals surface area contributed by atoms with Crippen LogP contribution in [0.1, 0.15) is 31.7 Å². The summed E-state index contributed by atoms with van der Waals surface area (Å²) in [5.41, 5.74) is 0.767. The normalized spacial score (nSPS) is 21.0. The number of hydrogen-bond acceptors (Lipinski definition) is 5. The minimum atomic E-state index is -3.24. The zero-order chi connectivity index (χ0) is 20.7. The molecule has 2 rings (SSSR count). The monoisotopic (exact) mass is 409 g/mol. The molecule has 0 spiro atoms. The van der Waals surface area contributed by atoms with E-state index in [0.717, 1.165) is 31.1 Å². The molecule has 156 valence electrons. The predicted octanol–water partition coefficient (Wildman–Crippen LogP) is 0.985. The predicted molar refractivity (Wildman–Crippen MR) is 109 cm³/mol. The lowest BCUT2D eigenvalue weighted by molar-refractivity contribution is -0.125. The third-order valence-corrected chi connectivity index (χ3v) is 6.06. The van der Waals surface area contributed by atoms with Crippen LogP contribution in [0.4, 0.5) is 0 Å². The van der Waals surface area contributed by atoms with Crippen molar-refractivity contribution in [2.75, 3.05) is 32.9 Å². The van der Waals surface area contributed by atoms with Gasteiger partial charge in [0.2, 0.25) is 11.8 Å². The first-order valence-corrected chi connectivity index (χ1v) is 11.6. The van der Waals surface area contributed by atoms with E-state index < -0.39 is 9.84 Å². The average molecular weight is 410 g/mol. The molecular weight excluding hydrogens is 378 g/mol. The SMILES string of the molecule is CCCNC(=O)[C@@H]1CC[C@H](NC(=O)Cc2ccc(S(C)(=O)=O)cc2)CN(C)C1. The molecule has 8 heteroatoms. The number of likely N-dealkylation sites (N-methyl/N-ethyl adjacent to an activating group) is 1. The van der Waals surface area contributed by atoms with Crippen molar-refractivity contribution in [1.29, 1.82) is 0 Å². The van der Waals surface area contributed by atoms with Crippen LogP contribution in [-0.4, -0.2) is 64.1 Å². The third-order valence-electron chi connectivity index (χ3n) is 4.93. The molecule has 0 aromatic heterocycles. The summed E-state index contributed by atoms with van der Waals surface area (Å²) in [5.74, 6) is -0.0620. The Kier molecular flexibility index (Phi) is 8.00. The van der Waals surface area contributed by atoms with Crippen molar-refractivity contribution in [3.63, 3.8) is 0 Å². The van der Waals surface area contributed by atoms with Crippen molar-refractivity contribution in [1.82, 2.24) is 15.5 Å². The second-order valence-electron chi connectivity index (χ2n) is 7.64. The number of sulfone groups is 1. The van der Waals surface area contributed by atoms with Crippen LogP contribution in [0.15, 0.2) is 29.2 Å². The summed E-state index contributed by atoms with van der Waals surface area (Å²) in [7, 11) is -1.27. The highest BCUT2D eigenvalue weighted by Crippen LogP contribution is 2.17. The first kappa shape index (κ1) is 22.4. The highest BCUT2D eigenvalue weighted by Gasteiger charge is 2.27. The maximum Gasteiger partial charge on any atom is 0.224 e. The largest absolute Gasteiger partial charge is 0.356 e. The van der Waals surface area contributed by atoms with Crippen LogP contribution in [0.3, 0.4) is 0 Å². The minimum Gasteiger partial charge on any atom is -0.356 e. The number of nitrogens with one attached hydrogen (secondary N) is 2. The average Bonchev–Trinajstić information content (AvgIpc) is 2.80. The van der Waals surface area contributed by atoms with Gasteiger partial charge in [0.15, 0.2) is 9.84 Å². The van der Waals surface area contributed by atoms with E-state index in [1.165, 1.54) is 12.1 Å². The smallest absolute Gasteiger partial charge is 0.224 e. The molecule has 1 aromatic rings. The summed E-state index contributed by atoms with van der Waals surface area (Å²) >= 11 is 0. The minimum absolute atomic E-state index is 0.00299. The van der Waals surface area contributed by atoms with Gasteiger partial charge >= 0.3 is 0 Å². The molecular formula is C20H31N3O4S. The van der Waals surface area contributed by atoms with E-state index >= 15 is 0 Å². The summed E-state index contributed by atoms with van der Waals surface area (Å²) in [6.07, 6.45) is 3.77. The van der Waals surface area contributed by atoms with Gasteiger partial charge in [0.25, 0.3) is 0 Å². The quantitative estimate of drug-likeness (QED) is 0.700. The highest BCUT2D eigenvalue weighted by molar-refractivity contribution is 7.90.